The van der Waals surface area contributed by atoms with Crippen molar-refractivity contribution in [3.63, 3.8) is 0 Å². The number of phenols is 1. The van der Waals surface area contributed by atoms with Gasteiger partial charge in [-0.1, -0.05) is 68.7 Å². The van der Waals surface area contributed by atoms with Gasteiger partial charge in [-0.25, -0.2) is 0 Å². The van der Waals surface area contributed by atoms with E-state index in [-0.39, 0.29) is 18.0 Å². The number of carbonyl (C=O) groups is 1. The maximum Gasteiger partial charge on any atom is 0.259 e. The summed E-state index contributed by atoms with van der Waals surface area (Å²) < 4.78 is 0. The highest BCUT2D eigenvalue weighted by Gasteiger charge is 2.48. The molecule has 1 amide bonds. The van der Waals surface area contributed by atoms with Crippen LogP contribution in [0.1, 0.15) is 69.4 Å². The van der Waals surface area contributed by atoms with Gasteiger partial charge in [0.25, 0.3) is 5.91 Å². The summed E-state index contributed by atoms with van der Waals surface area (Å²) >= 11 is 0. The number of aryl methyl sites for hydroxylation is 1. The second-order valence-electron chi connectivity index (χ2n) is 10.1. The second kappa shape index (κ2) is 11.9. The van der Waals surface area contributed by atoms with Crippen molar-refractivity contribution in [2.24, 2.45) is 17.8 Å². The Hall–Kier alpha value is -2.37. The number of hydrogen-bond donors (Lipinski definition) is 3. The molecule has 0 aromatic heterocycles. The van der Waals surface area contributed by atoms with Gasteiger partial charge in [-0.05, 0) is 73.6 Å². The van der Waals surface area contributed by atoms with Crippen molar-refractivity contribution in [1.82, 2.24) is 11.1 Å². The minimum Gasteiger partial charge on any atom is -0.508 e. The normalized spacial score (nSPS) is 19.9. The van der Waals surface area contributed by atoms with E-state index in [4.69, 9.17) is 0 Å². The molecule has 1 aliphatic carbocycles. The molecule has 5 heteroatoms. The number of phenolic OH excluding ortho intramolecular Hbond substituents is 1. The molecule has 1 saturated carbocycles. The van der Waals surface area contributed by atoms with Crippen LogP contribution in [-0.2, 0) is 16.8 Å². The van der Waals surface area contributed by atoms with E-state index >= 15 is 0 Å². The molecule has 2 atom stereocenters. The zero-order valence-corrected chi connectivity index (χ0v) is 20.7. The van der Waals surface area contributed by atoms with Crippen LogP contribution in [0.3, 0.4) is 0 Å². The number of aliphatic hydroxyl groups is 1. The molecule has 5 N–H and O–H groups in total. The fraction of sp³-hybridized carbons (Fsp3) is 0.552. The summed E-state index contributed by atoms with van der Waals surface area (Å²) in [7, 11) is 0. The van der Waals surface area contributed by atoms with Crippen molar-refractivity contribution in [3.05, 3.63) is 65.7 Å². The smallest absolute Gasteiger partial charge is 0.259 e. The number of piperidine rings is 1. The van der Waals surface area contributed by atoms with Crippen LogP contribution in [0.4, 0.5) is 0 Å². The molecule has 186 valence electrons. The van der Waals surface area contributed by atoms with Crippen molar-refractivity contribution in [1.29, 1.82) is 0 Å². The standard InChI is InChI=1S/C29H39NO3.H3N/c1-2-23(15-12-22-13-16-27(31)17-14-22)24-18-20-30(21-19-24)28(32)29(33,26-10-6-7-11-26)25-8-4-3-5-9-25;/h3-5,8-9,13-14,16-17,23-24,26,31,33H,2,6-7,10-12,15,18-21H2,1H3;1H3. The van der Waals surface area contributed by atoms with E-state index in [1.165, 1.54) is 5.56 Å². The molecule has 5 nitrogen and oxygen atoms in total. The average Bonchev–Trinajstić information content (AvgIpc) is 3.41. The molecule has 1 aliphatic heterocycles. The lowest BCUT2D eigenvalue weighted by atomic mass is 9.77. The minimum absolute atomic E-state index is 0. The van der Waals surface area contributed by atoms with Gasteiger partial charge in [-0.15, -0.1) is 0 Å². The molecule has 2 aromatic carbocycles. The average molecular weight is 467 g/mol. The van der Waals surface area contributed by atoms with Gasteiger partial charge in [0.05, 0.1) is 0 Å². The zero-order valence-electron chi connectivity index (χ0n) is 20.7. The molecule has 4 rings (SSSR count). The third-order valence-corrected chi connectivity index (χ3v) is 8.24. The topological polar surface area (TPSA) is 95.8 Å². The first-order chi connectivity index (χ1) is 16.0. The van der Waals surface area contributed by atoms with E-state index in [1.807, 2.05) is 47.4 Å². The maximum atomic E-state index is 13.7. The third-order valence-electron chi connectivity index (χ3n) is 8.24. The number of amides is 1. The summed E-state index contributed by atoms with van der Waals surface area (Å²) in [6.07, 6.45) is 9.34. The van der Waals surface area contributed by atoms with Crippen LogP contribution in [0, 0.1) is 17.8 Å². The fourth-order valence-electron chi connectivity index (χ4n) is 6.17. The Morgan fingerprint density at radius 3 is 2.21 bits per heavy atom. The lowest BCUT2D eigenvalue weighted by Gasteiger charge is -2.42. The van der Waals surface area contributed by atoms with Gasteiger partial charge in [0.2, 0.25) is 0 Å². The number of carbonyl (C=O) groups excluding carboxylic acids is 1. The van der Waals surface area contributed by atoms with Crippen LogP contribution < -0.4 is 6.15 Å². The van der Waals surface area contributed by atoms with Gasteiger partial charge in [-0.2, -0.15) is 0 Å². The fourth-order valence-corrected chi connectivity index (χ4v) is 6.17. The van der Waals surface area contributed by atoms with Gasteiger partial charge in [0.1, 0.15) is 5.75 Å². The molecule has 0 bridgehead atoms. The van der Waals surface area contributed by atoms with Crippen molar-refractivity contribution >= 4 is 5.91 Å². The number of hydrogen-bond acceptors (Lipinski definition) is 4. The minimum atomic E-state index is -1.40. The molecule has 2 unspecified atom stereocenters. The highest BCUT2D eigenvalue weighted by atomic mass is 16.3. The van der Waals surface area contributed by atoms with Crippen LogP contribution in [0.15, 0.2) is 54.6 Å². The van der Waals surface area contributed by atoms with E-state index < -0.39 is 5.60 Å². The Morgan fingerprint density at radius 1 is 1.00 bits per heavy atom. The van der Waals surface area contributed by atoms with E-state index in [0.29, 0.717) is 17.6 Å². The number of aromatic hydroxyl groups is 1. The van der Waals surface area contributed by atoms with Gasteiger partial charge in [0.15, 0.2) is 5.60 Å². The van der Waals surface area contributed by atoms with Crippen LogP contribution in [0.2, 0.25) is 0 Å². The highest BCUT2D eigenvalue weighted by Crippen LogP contribution is 2.42. The summed E-state index contributed by atoms with van der Waals surface area (Å²) in [5.41, 5.74) is 0.626. The number of nitrogens with zero attached hydrogens (tertiary/aromatic N) is 1. The second-order valence-corrected chi connectivity index (χ2v) is 10.1. The zero-order chi connectivity index (χ0) is 23.3. The Labute approximate surface area is 204 Å². The summed E-state index contributed by atoms with van der Waals surface area (Å²) in [4.78, 5) is 15.7. The SMILES string of the molecule is CCC(CCc1ccc(O)cc1)C1CCN(C(=O)C(O)(c2ccccc2)C2CCCC2)CC1.N. The van der Waals surface area contributed by atoms with Crippen LogP contribution >= 0.6 is 0 Å². The molecule has 2 fully saturated rings. The Bertz CT molecular complexity index is 887. The summed E-state index contributed by atoms with van der Waals surface area (Å²) in [5.74, 6) is 1.50. The van der Waals surface area contributed by atoms with Crippen molar-refractivity contribution < 1.29 is 15.0 Å². The van der Waals surface area contributed by atoms with Crippen molar-refractivity contribution in [3.8, 4) is 5.75 Å². The van der Waals surface area contributed by atoms with Gasteiger partial charge in [-0.3, -0.25) is 4.79 Å². The van der Waals surface area contributed by atoms with Gasteiger partial charge >= 0.3 is 0 Å². The Kier molecular flexibility index (Phi) is 9.15. The Morgan fingerprint density at radius 2 is 1.62 bits per heavy atom. The van der Waals surface area contributed by atoms with Crippen LogP contribution in [0.5, 0.6) is 5.75 Å². The molecular weight excluding hydrogens is 424 g/mol. The number of rotatable bonds is 8. The summed E-state index contributed by atoms with van der Waals surface area (Å²) in [5, 5.41) is 21.3. The van der Waals surface area contributed by atoms with Crippen LogP contribution in [0.25, 0.3) is 0 Å². The highest BCUT2D eigenvalue weighted by molar-refractivity contribution is 5.87. The lowest BCUT2D eigenvalue weighted by Crippen LogP contribution is -2.53. The number of likely N-dealkylation sites (tertiary alicyclic amines) is 1. The monoisotopic (exact) mass is 466 g/mol. The van der Waals surface area contributed by atoms with Gasteiger partial charge in [0, 0.05) is 19.0 Å². The first-order valence-corrected chi connectivity index (χ1v) is 12.9. The molecule has 34 heavy (non-hydrogen) atoms. The predicted molar refractivity (Wildman–Crippen MR) is 137 cm³/mol. The Balaban J connectivity index is 0.00000324. The molecular formula is C29H42N2O3. The molecule has 0 spiro atoms. The molecule has 1 heterocycles. The third kappa shape index (κ3) is 5.64. The number of benzene rings is 2. The largest absolute Gasteiger partial charge is 0.508 e. The van der Waals surface area contributed by atoms with Crippen molar-refractivity contribution in [2.75, 3.05) is 13.1 Å². The van der Waals surface area contributed by atoms with Crippen LogP contribution in [-0.4, -0.2) is 34.1 Å². The summed E-state index contributed by atoms with van der Waals surface area (Å²) in [6, 6.07) is 17.2. The first kappa shape index (κ1) is 26.2. The molecule has 1 saturated heterocycles. The molecule has 0 radical (unpaired) electrons. The van der Waals surface area contributed by atoms with Crippen molar-refractivity contribution in [2.45, 2.75) is 70.3 Å². The van der Waals surface area contributed by atoms with E-state index in [9.17, 15) is 15.0 Å². The quantitative estimate of drug-likeness (QED) is 0.456. The predicted octanol–water partition coefficient (Wildman–Crippen LogP) is 5.83. The first-order valence-electron chi connectivity index (χ1n) is 12.9. The lowest BCUT2D eigenvalue weighted by molar-refractivity contribution is -0.161. The summed E-state index contributed by atoms with van der Waals surface area (Å²) in [6.45, 7) is 3.75. The molecule has 2 aromatic rings. The molecule has 2 aliphatic rings. The van der Waals surface area contributed by atoms with E-state index in [2.05, 4.69) is 6.92 Å². The van der Waals surface area contributed by atoms with Gasteiger partial charge < -0.3 is 21.3 Å². The van der Waals surface area contributed by atoms with E-state index in [0.717, 1.165) is 76.4 Å². The van der Waals surface area contributed by atoms with E-state index in [1.54, 1.807) is 12.1 Å². The maximum absolute atomic E-state index is 13.7.